The summed E-state index contributed by atoms with van der Waals surface area (Å²) in [4.78, 5) is 19.4. The first-order valence-electron chi connectivity index (χ1n) is 10.3. The minimum Gasteiger partial charge on any atom is -0.435 e. The van der Waals surface area contributed by atoms with E-state index in [1.165, 1.54) is 0 Å². The lowest BCUT2D eigenvalue weighted by Gasteiger charge is -2.22. The van der Waals surface area contributed by atoms with Gasteiger partial charge in [0.05, 0.1) is 5.69 Å². The van der Waals surface area contributed by atoms with Crippen LogP contribution < -0.4 is 10.2 Å². The van der Waals surface area contributed by atoms with E-state index in [0.29, 0.717) is 5.69 Å². The first-order valence-corrected chi connectivity index (χ1v) is 10.3. The van der Waals surface area contributed by atoms with Crippen LogP contribution in [0, 0.1) is 13.8 Å². The van der Waals surface area contributed by atoms with E-state index < -0.39 is 12.2 Å². The number of rotatable bonds is 7. The van der Waals surface area contributed by atoms with Gasteiger partial charge < -0.3 is 9.64 Å². The van der Waals surface area contributed by atoms with Crippen molar-refractivity contribution in [2.75, 3.05) is 23.3 Å². The van der Waals surface area contributed by atoms with Gasteiger partial charge in [0.1, 0.15) is 0 Å². The highest BCUT2D eigenvalue weighted by Crippen LogP contribution is 2.27. The predicted octanol–water partition coefficient (Wildman–Crippen LogP) is 5.88. The normalized spacial score (nSPS) is 11.6. The number of nitrogens with zero attached hydrogens (tertiary/aromatic N) is 2. The molecule has 1 aromatic heterocycles. The van der Waals surface area contributed by atoms with Gasteiger partial charge in [0.25, 0.3) is 0 Å². The van der Waals surface area contributed by atoms with Crippen molar-refractivity contribution < 1.29 is 9.53 Å². The highest BCUT2D eigenvalue weighted by atomic mass is 16.6. The molecule has 2 aromatic carbocycles. The van der Waals surface area contributed by atoms with Crippen LogP contribution in [0.25, 0.3) is 0 Å². The van der Waals surface area contributed by atoms with Gasteiger partial charge in [0.2, 0.25) is 0 Å². The van der Waals surface area contributed by atoms with Gasteiger partial charge in [-0.15, -0.1) is 0 Å². The van der Waals surface area contributed by atoms with Crippen molar-refractivity contribution in [2.24, 2.45) is 0 Å². The summed E-state index contributed by atoms with van der Waals surface area (Å²) in [6.07, 6.45) is 0.611. The molecular weight excluding hydrogens is 374 g/mol. The highest BCUT2D eigenvalue weighted by molar-refractivity contribution is 5.86. The second kappa shape index (κ2) is 9.92. The molecule has 5 heteroatoms. The Morgan fingerprint density at radius 1 is 1.03 bits per heavy atom. The number of hydrogen-bond donors (Lipinski definition) is 1. The Morgan fingerprint density at radius 2 is 1.77 bits per heavy atom. The highest BCUT2D eigenvalue weighted by Gasteiger charge is 2.21. The molecule has 0 saturated heterocycles. The number of aryl methyl sites for hydroxylation is 2. The summed E-state index contributed by atoms with van der Waals surface area (Å²) in [6.45, 7) is 10.1. The number of benzene rings is 2. The quantitative estimate of drug-likeness (QED) is 0.535. The molecule has 3 aromatic rings. The van der Waals surface area contributed by atoms with E-state index in [-0.39, 0.29) is 0 Å². The second-order valence-electron chi connectivity index (χ2n) is 7.25. The first kappa shape index (κ1) is 21.4. The lowest BCUT2D eigenvalue weighted by atomic mass is 10.0. The van der Waals surface area contributed by atoms with E-state index in [1.807, 2.05) is 68.4 Å². The SMILES string of the molecule is CCN(CC)c1ccc(NC(=O)OC(c2ccc(C)cc2)c2ccccn2)c(C)c1. The predicted molar refractivity (Wildman–Crippen MR) is 122 cm³/mol. The molecule has 1 atom stereocenters. The van der Waals surface area contributed by atoms with Crippen molar-refractivity contribution in [3.05, 3.63) is 89.2 Å². The van der Waals surface area contributed by atoms with Crippen LogP contribution in [0.2, 0.25) is 0 Å². The van der Waals surface area contributed by atoms with Crippen LogP contribution in [0.3, 0.4) is 0 Å². The van der Waals surface area contributed by atoms with Gasteiger partial charge in [-0.25, -0.2) is 4.79 Å². The third-order valence-electron chi connectivity index (χ3n) is 5.14. The van der Waals surface area contributed by atoms with E-state index in [1.54, 1.807) is 6.20 Å². The number of aromatic nitrogens is 1. The number of carbonyl (C=O) groups excluding carboxylic acids is 1. The van der Waals surface area contributed by atoms with Crippen molar-refractivity contribution in [2.45, 2.75) is 33.8 Å². The van der Waals surface area contributed by atoms with Gasteiger partial charge >= 0.3 is 6.09 Å². The lowest BCUT2D eigenvalue weighted by molar-refractivity contribution is 0.129. The molecule has 0 radical (unpaired) electrons. The zero-order chi connectivity index (χ0) is 21.5. The number of pyridine rings is 1. The number of ether oxygens (including phenoxy) is 1. The van der Waals surface area contributed by atoms with Crippen molar-refractivity contribution in [1.82, 2.24) is 4.98 Å². The number of nitrogens with one attached hydrogen (secondary N) is 1. The fraction of sp³-hybridized carbons (Fsp3) is 0.280. The molecule has 156 valence electrons. The van der Waals surface area contributed by atoms with Gasteiger partial charge in [0, 0.05) is 30.7 Å². The van der Waals surface area contributed by atoms with Crippen LogP contribution in [-0.4, -0.2) is 24.2 Å². The Labute approximate surface area is 178 Å². The molecule has 1 heterocycles. The summed E-state index contributed by atoms with van der Waals surface area (Å²) < 4.78 is 5.82. The van der Waals surface area contributed by atoms with Crippen LogP contribution in [0.4, 0.5) is 16.2 Å². The van der Waals surface area contributed by atoms with Crippen LogP contribution in [0.5, 0.6) is 0 Å². The molecule has 1 amide bonds. The van der Waals surface area contributed by atoms with Crippen molar-refractivity contribution >= 4 is 17.5 Å². The number of carbonyl (C=O) groups is 1. The molecule has 0 aliphatic rings. The summed E-state index contributed by atoms with van der Waals surface area (Å²) in [5.41, 5.74) is 5.57. The summed E-state index contributed by atoms with van der Waals surface area (Å²) in [5, 5.41) is 2.89. The molecule has 0 aliphatic heterocycles. The van der Waals surface area contributed by atoms with Crippen molar-refractivity contribution in [3.8, 4) is 0 Å². The van der Waals surface area contributed by atoms with Crippen LogP contribution in [-0.2, 0) is 4.74 Å². The van der Waals surface area contributed by atoms with Gasteiger partial charge in [-0.2, -0.15) is 0 Å². The largest absolute Gasteiger partial charge is 0.435 e. The van der Waals surface area contributed by atoms with Crippen molar-refractivity contribution in [1.29, 1.82) is 0 Å². The molecule has 1 N–H and O–H groups in total. The molecule has 0 saturated carbocycles. The Hall–Kier alpha value is -3.34. The molecule has 5 nitrogen and oxygen atoms in total. The Bertz CT molecular complexity index is 967. The van der Waals surface area contributed by atoms with E-state index in [0.717, 1.165) is 41.2 Å². The summed E-state index contributed by atoms with van der Waals surface area (Å²) >= 11 is 0. The van der Waals surface area contributed by atoms with E-state index in [9.17, 15) is 4.79 Å². The third-order valence-corrected chi connectivity index (χ3v) is 5.14. The third kappa shape index (κ3) is 5.17. The summed E-state index contributed by atoms with van der Waals surface area (Å²) in [6, 6.07) is 19.6. The second-order valence-corrected chi connectivity index (χ2v) is 7.25. The molecule has 0 fully saturated rings. The maximum absolute atomic E-state index is 12.7. The fourth-order valence-corrected chi connectivity index (χ4v) is 3.39. The van der Waals surface area contributed by atoms with Crippen molar-refractivity contribution in [3.63, 3.8) is 0 Å². The fourth-order valence-electron chi connectivity index (χ4n) is 3.39. The maximum atomic E-state index is 12.7. The zero-order valence-electron chi connectivity index (χ0n) is 18.1. The zero-order valence-corrected chi connectivity index (χ0v) is 18.1. The average molecular weight is 404 g/mol. The minimum absolute atomic E-state index is 0.509. The Morgan fingerprint density at radius 3 is 2.37 bits per heavy atom. The topological polar surface area (TPSA) is 54.5 Å². The molecule has 1 unspecified atom stereocenters. The number of anilines is 2. The number of amides is 1. The summed E-state index contributed by atoms with van der Waals surface area (Å²) in [7, 11) is 0. The van der Waals surface area contributed by atoms with Gasteiger partial charge in [-0.05, 0) is 69.2 Å². The summed E-state index contributed by atoms with van der Waals surface area (Å²) in [5.74, 6) is 0. The van der Waals surface area contributed by atoms with Crippen LogP contribution in [0.15, 0.2) is 66.9 Å². The minimum atomic E-state index is -0.581. The smallest absolute Gasteiger partial charge is 0.412 e. The average Bonchev–Trinajstić information content (AvgIpc) is 2.76. The van der Waals surface area contributed by atoms with E-state index >= 15 is 0 Å². The van der Waals surface area contributed by atoms with E-state index in [2.05, 4.69) is 35.1 Å². The van der Waals surface area contributed by atoms with Gasteiger partial charge in [-0.1, -0.05) is 35.9 Å². The molecule has 30 heavy (non-hydrogen) atoms. The molecule has 0 bridgehead atoms. The monoisotopic (exact) mass is 403 g/mol. The van der Waals surface area contributed by atoms with Crippen LogP contribution >= 0.6 is 0 Å². The molecule has 0 aliphatic carbocycles. The Balaban J connectivity index is 1.79. The molecule has 3 rings (SSSR count). The molecular formula is C25H29N3O2. The number of hydrogen-bond acceptors (Lipinski definition) is 4. The maximum Gasteiger partial charge on any atom is 0.412 e. The van der Waals surface area contributed by atoms with Crippen LogP contribution in [0.1, 0.15) is 42.3 Å². The standard InChI is InChI=1S/C25H29N3O2/c1-5-28(6-2)21-14-15-22(19(4)17-21)27-25(29)30-24(23-9-7-8-16-26-23)20-12-10-18(3)11-13-20/h7-17,24H,5-6H2,1-4H3,(H,27,29). The van der Waals surface area contributed by atoms with E-state index in [4.69, 9.17) is 4.74 Å². The van der Waals surface area contributed by atoms with Gasteiger partial charge in [0.15, 0.2) is 6.10 Å². The lowest BCUT2D eigenvalue weighted by Crippen LogP contribution is -2.22. The first-order chi connectivity index (χ1) is 14.5. The van der Waals surface area contributed by atoms with Gasteiger partial charge in [-0.3, -0.25) is 10.3 Å². The molecule has 0 spiro atoms. The Kier molecular flexibility index (Phi) is 7.07.